The second-order valence-corrected chi connectivity index (χ2v) is 5.22. The van der Waals surface area contributed by atoms with Gasteiger partial charge in [0.25, 0.3) is 0 Å². The molecule has 0 aliphatic carbocycles. The van der Waals surface area contributed by atoms with Gasteiger partial charge in [0.1, 0.15) is 0 Å². The van der Waals surface area contributed by atoms with E-state index in [1.165, 1.54) is 11.8 Å². The van der Waals surface area contributed by atoms with Crippen molar-refractivity contribution in [1.82, 2.24) is 14.8 Å². The lowest BCUT2D eigenvalue weighted by molar-refractivity contribution is 0.658. The van der Waals surface area contributed by atoms with Gasteiger partial charge in [0.05, 0.1) is 0 Å². The standard InChI is InChI=1S/C13H18N4OS/c1-3-10(14)9-7-5-6-8-11(9)19-13-16-15-12(18)17(13)4-2/h5-8,10H,3-4,14H2,1-2H3,(H,15,18)/t10-/m1/s1. The van der Waals surface area contributed by atoms with Crippen molar-refractivity contribution in [2.45, 2.75) is 42.9 Å². The Morgan fingerprint density at radius 1 is 1.42 bits per heavy atom. The summed E-state index contributed by atoms with van der Waals surface area (Å²) in [5.74, 6) is 0. The van der Waals surface area contributed by atoms with E-state index in [0.29, 0.717) is 11.7 Å². The Morgan fingerprint density at radius 2 is 2.16 bits per heavy atom. The molecule has 0 fully saturated rings. The zero-order valence-electron chi connectivity index (χ0n) is 11.1. The van der Waals surface area contributed by atoms with Gasteiger partial charge in [-0.1, -0.05) is 25.1 Å². The molecule has 0 bridgehead atoms. The maximum atomic E-state index is 11.5. The molecule has 2 rings (SSSR count). The van der Waals surface area contributed by atoms with E-state index >= 15 is 0 Å². The van der Waals surface area contributed by atoms with Crippen molar-refractivity contribution in [1.29, 1.82) is 0 Å². The van der Waals surface area contributed by atoms with Crippen LogP contribution in [0, 0.1) is 0 Å². The number of H-pyrrole nitrogens is 1. The van der Waals surface area contributed by atoms with E-state index in [1.807, 2.05) is 31.2 Å². The van der Waals surface area contributed by atoms with Crippen LogP contribution < -0.4 is 11.4 Å². The van der Waals surface area contributed by atoms with Crippen molar-refractivity contribution >= 4 is 11.8 Å². The molecule has 1 aromatic heterocycles. The van der Waals surface area contributed by atoms with Crippen molar-refractivity contribution < 1.29 is 0 Å². The van der Waals surface area contributed by atoms with Crippen LogP contribution >= 0.6 is 11.8 Å². The molecule has 102 valence electrons. The van der Waals surface area contributed by atoms with Crippen LogP contribution in [-0.4, -0.2) is 14.8 Å². The summed E-state index contributed by atoms with van der Waals surface area (Å²) < 4.78 is 1.61. The molecule has 3 N–H and O–H groups in total. The van der Waals surface area contributed by atoms with E-state index in [4.69, 9.17) is 5.73 Å². The first kappa shape index (κ1) is 13.9. The summed E-state index contributed by atoms with van der Waals surface area (Å²) in [5, 5.41) is 7.20. The highest BCUT2D eigenvalue weighted by Crippen LogP contribution is 2.31. The number of benzene rings is 1. The van der Waals surface area contributed by atoms with Gasteiger partial charge in [-0.25, -0.2) is 9.89 Å². The molecule has 5 nitrogen and oxygen atoms in total. The quantitative estimate of drug-likeness (QED) is 0.878. The summed E-state index contributed by atoms with van der Waals surface area (Å²) >= 11 is 1.47. The van der Waals surface area contributed by atoms with Crippen LogP contribution in [0.2, 0.25) is 0 Å². The third-order valence-corrected chi connectivity index (χ3v) is 4.08. The van der Waals surface area contributed by atoms with Gasteiger partial charge in [0.15, 0.2) is 5.16 Å². The molecule has 0 spiro atoms. The number of aromatic amines is 1. The normalized spacial score (nSPS) is 12.6. The number of hydrogen-bond acceptors (Lipinski definition) is 4. The van der Waals surface area contributed by atoms with Gasteiger partial charge in [-0.05, 0) is 36.7 Å². The number of nitrogens with two attached hydrogens (primary N) is 1. The minimum absolute atomic E-state index is 0.00411. The molecule has 0 radical (unpaired) electrons. The van der Waals surface area contributed by atoms with Crippen molar-refractivity contribution in [3.63, 3.8) is 0 Å². The Balaban J connectivity index is 2.35. The van der Waals surface area contributed by atoms with E-state index < -0.39 is 0 Å². The first-order valence-corrected chi connectivity index (χ1v) is 7.16. The average molecular weight is 278 g/mol. The molecule has 0 amide bonds. The van der Waals surface area contributed by atoms with Gasteiger partial charge in [0, 0.05) is 17.5 Å². The second-order valence-electron chi connectivity index (χ2n) is 4.21. The molecular formula is C13H18N4OS. The topological polar surface area (TPSA) is 76.7 Å². The van der Waals surface area contributed by atoms with Crippen LogP contribution in [0.25, 0.3) is 0 Å². The van der Waals surface area contributed by atoms with Crippen LogP contribution in [0.5, 0.6) is 0 Å². The largest absolute Gasteiger partial charge is 0.343 e. The van der Waals surface area contributed by atoms with Crippen LogP contribution in [0.1, 0.15) is 31.9 Å². The van der Waals surface area contributed by atoms with Crippen molar-refractivity contribution in [3.8, 4) is 0 Å². The van der Waals surface area contributed by atoms with Crippen LogP contribution in [0.15, 0.2) is 39.1 Å². The molecule has 0 aliphatic rings. The number of nitrogens with one attached hydrogen (secondary N) is 1. The Kier molecular flexibility index (Phi) is 4.44. The second kappa shape index (κ2) is 6.08. The predicted molar refractivity (Wildman–Crippen MR) is 76.3 cm³/mol. The molecular weight excluding hydrogens is 260 g/mol. The summed E-state index contributed by atoms with van der Waals surface area (Å²) in [7, 11) is 0. The maximum Gasteiger partial charge on any atom is 0.343 e. The van der Waals surface area contributed by atoms with Crippen molar-refractivity contribution in [3.05, 3.63) is 40.3 Å². The molecule has 2 aromatic rings. The first-order chi connectivity index (χ1) is 9.17. The third kappa shape index (κ3) is 2.90. The number of nitrogens with zero attached hydrogens (tertiary/aromatic N) is 2. The number of rotatable bonds is 5. The highest BCUT2D eigenvalue weighted by Gasteiger charge is 2.13. The van der Waals surface area contributed by atoms with E-state index in [9.17, 15) is 4.79 Å². The fourth-order valence-corrected chi connectivity index (χ4v) is 2.95. The summed E-state index contributed by atoms with van der Waals surface area (Å²) in [5.41, 5.74) is 7.03. The monoisotopic (exact) mass is 278 g/mol. The molecule has 0 saturated carbocycles. The SMILES string of the molecule is CC[C@@H](N)c1ccccc1Sc1n[nH]c(=O)n1CC. The minimum Gasteiger partial charge on any atom is -0.324 e. The molecule has 0 aliphatic heterocycles. The van der Waals surface area contributed by atoms with Crippen LogP contribution in [-0.2, 0) is 6.54 Å². The smallest absolute Gasteiger partial charge is 0.324 e. The lowest BCUT2D eigenvalue weighted by Crippen LogP contribution is -2.16. The highest BCUT2D eigenvalue weighted by atomic mass is 32.2. The minimum atomic E-state index is -0.178. The maximum absolute atomic E-state index is 11.5. The van der Waals surface area contributed by atoms with Gasteiger partial charge < -0.3 is 5.73 Å². The molecule has 6 heteroatoms. The van der Waals surface area contributed by atoms with Gasteiger partial charge in [-0.3, -0.25) is 4.57 Å². The van der Waals surface area contributed by atoms with Gasteiger partial charge >= 0.3 is 5.69 Å². The first-order valence-electron chi connectivity index (χ1n) is 6.34. The number of hydrogen-bond donors (Lipinski definition) is 2. The molecule has 19 heavy (non-hydrogen) atoms. The lowest BCUT2D eigenvalue weighted by atomic mass is 10.1. The Bertz CT molecular complexity index is 605. The molecule has 0 unspecified atom stereocenters. The Hall–Kier alpha value is -1.53. The van der Waals surface area contributed by atoms with E-state index in [2.05, 4.69) is 17.1 Å². The van der Waals surface area contributed by atoms with E-state index in [1.54, 1.807) is 4.57 Å². The van der Waals surface area contributed by atoms with Gasteiger partial charge in [-0.2, -0.15) is 0 Å². The predicted octanol–water partition coefficient (Wildman–Crippen LogP) is 2.15. The lowest BCUT2D eigenvalue weighted by Gasteiger charge is -2.13. The molecule has 1 aromatic carbocycles. The summed E-state index contributed by atoms with van der Waals surface area (Å²) in [6.07, 6.45) is 0.874. The number of aromatic nitrogens is 3. The van der Waals surface area contributed by atoms with Gasteiger partial charge in [0.2, 0.25) is 0 Å². The van der Waals surface area contributed by atoms with Crippen molar-refractivity contribution in [2.75, 3.05) is 0 Å². The summed E-state index contributed by atoms with van der Waals surface area (Å²) in [6, 6.07) is 7.98. The Morgan fingerprint density at radius 3 is 2.84 bits per heavy atom. The van der Waals surface area contributed by atoms with E-state index in [0.717, 1.165) is 16.9 Å². The highest BCUT2D eigenvalue weighted by molar-refractivity contribution is 7.99. The van der Waals surface area contributed by atoms with Crippen molar-refractivity contribution in [2.24, 2.45) is 5.73 Å². The van der Waals surface area contributed by atoms with Gasteiger partial charge in [-0.15, -0.1) is 5.10 Å². The summed E-state index contributed by atoms with van der Waals surface area (Å²) in [6.45, 7) is 4.58. The fraction of sp³-hybridized carbons (Fsp3) is 0.385. The fourth-order valence-electron chi connectivity index (χ4n) is 1.86. The van der Waals surface area contributed by atoms with E-state index in [-0.39, 0.29) is 11.7 Å². The molecule has 1 heterocycles. The third-order valence-electron chi connectivity index (χ3n) is 3.00. The molecule has 0 saturated heterocycles. The van der Waals surface area contributed by atoms with Crippen LogP contribution in [0.3, 0.4) is 0 Å². The van der Waals surface area contributed by atoms with Crippen LogP contribution in [0.4, 0.5) is 0 Å². The summed E-state index contributed by atoms with van der Waals surface area (Å²) in [4.78, 5) is 12.6. The average Bonchev–Trinajstić information content (AvgIpc) is 2.79. The zero-order chi connectivity index (χ0) is 13.8. The Labute approximate surface area is 116 Å². The zero-order valence-corrected chi connectivity index (χ0v) is 11.9. The molecule has 1 atom stereocenters.